The van der Waals surface area contributed by atoms with Gasteiger partial charge in [0.25, 0.3) is 0 Å². The van der Waals surface area contributed by atoms with Gasteiger partial charge in [-0.1, -0.05) is 13.8 Å². The lowest BCUT2D eigenvalue weighted by Crippen LogP contribution is -2.48. The highest BCUT2D eigenvalue weighted by atomic mass is 35.5. The zero-order valence-corrected chi connectivity index (χ0v) is 10.4. The van der Waals surface area contributed by atoms with Crippen LogP contribution in [-0.4, -0.2) is 32.1 Å². The van der Waals surface area contributed by atoms with Gasteiger partial charge in [-0.25, -0.2) is 0 Å². The minimum Gasteiger partial charge on any atom is -0.378 e. The SMILES string of the molecule is CC1(C)CNC(CC2CCCO2)OC1.Cl. The molecule has 0 aromatic carbocycles. The highest BCUT2D eigenvalue weighted by Crippen LogP contribution is 2.23. The topological polar surface area (TPSA) is 30.5 Å². The van der Waals surface area contributed by atoms with E-state index >= 15 is 0 Å². The van der Waals surface area contributed by atoms with E-state index in [1.54, 1.807) is 0 Å². The molecular weight excluding hydrogens is 214 g/mol. The Morgan fingerprint density at radius 1 is 1.33 bits per heavy atom. The number of nitrogens with one attached hydrogen (secondary N) is 1. The molecule has 2 atom stereocenters. The summed E-state index contributed by atoms with van der Waals surface area (Å²) in [6.07, 6.45) is 4.06. The zero-order chi connectivity index (χ0) is 10.0. The molecule has 2 heterocycles. The number of halogens is 1. The normalized spacial score (nSPS) is 34.8. The summed E-state index contributed by atoms with van der Waals surface area (Å²) in [6.45, 7) is 7.29. The van der Waals surface area contributed by atoms with E-state index in [9.17, 15) is 0 Å². The Kier molecular flexibility index (Phi) is 4.84. The first-order valence-electron chi connectivity index (χ1n) is 5.62. The van der Waals surface area contributed by atoms with Crippen molar-refractivity contribution in [1.82, 2.24) is 5.32 Å². The number of hydrogen-bond acceptors (Lipinski definition) is 3. The van der Waals surface area contributed by atoms with E-state index in [1.165, 1.54) is 12.8 Å². The second-order valence-corrected chi connectivity index (χ2v) is 5.22. The maximum atomic E-state index is 5.76. The van der Waals surface area contributed by atoms with Crippen LogP contribution in [0, 0.1) is 5.41 Å². The minimum atomic E-state index is 0. The van der Waals surface area contributed by atoms with Gasteiger partial charge < -0.3 is 9.47 Å². The predicted octanol–water partition coefficient (Wildman–Crippen LogP) is 1.95. The number of ether oxygens (including phenoxy) is 2. The lowest BCUT2D eigenvalue weighted by atomic mass is 9.93. The Balaban J connectivity index is 0.00000112. The summed E-state index contributed by atoms with van der Waals surface area (Å²) in [5.74, 6) is 0. The van der Waals surface area contributed by atoms with Crippen molar-refractivity contribution in [2.24, 2.45) is 5.41 Å². The monoisotopic (exact) mass is 235 g/mol. The summed E-state index contributed by atoms with van der Waals surface area (Å²) in [7, 11) is 0. The smallest absolute Gasteiger partial charge is 0.110 e. The largest absolute Gasteiger partial charge is 0.378 e. The van der Waals surface area contributed by atoms with Crippen LogP contribution >= 0.6 is 12.4 Å². The van der Waals surface area contributed by atoms with E-state index in [1.807, 2.05) is 0 Å². The van der Waals surface area contributed by atoms with Crippen molar-refractivity contribution in [1.29, 1.82) is 0 Å². The summed E-state index contributed by atoms with van der Waals surface area (Å²) < 4.78 is 11.4. The van der Waals surface area contributed by atoms with E-state index in [0.29, 0.717) is 6.10 Å². The molecule has 0 radical (unpaired) electrons. The molecule has 2 unspecified atom stereocenters. The first kappa shape index (κ1) is 13.2. The fourth-order valence-corrected chi connectivity index (χ4v) is 2.05. The molecule has 2 aliphatic rings. The lowest BCUT2D eigenvalue weighted by Gasteiger charge is -2.36. The van der Waals surface area contributed by atoms with Gasteiger partial charge in [-0.3, -0.25) is 5.32 Å². The molecule has 0 bridgehead atoms. The Morgan fingerprint density at radius 2 is 2.13 bits per heavy atom. The van der Waals surface area contributed by atoms with Gasteiger partial charge in [0.2, 0.25) is 0 Å². The molecule has 2 saturated heterocycles. The average molecular weight is 236 g/mol. The highest BCUT2D eigenvalue weighted by Gasteiger charge is 2.29. The molecule has 2 rings (SSSR count). The van der Waals surface area contributed by atoms with E-state index in [4.69, 9.17) is 9.47 Å². The summed E-state index contributed by atoms with van der Waals surface area (Å²) in [5.41, 5.74) is 0.285. The second kappa shape index (κ2) is 5.48. The molecule has 3 nitrogen and oxygen atoms in total. The predicted molar refractivity (Wildman–Crippen MR) is 62.4 cm³/mol. The Hall–Kier alpha value is 0.170. The average Bonchev–Trinajstić information content (AvgIpc) is 2.61. The van der Waals surface area contributed by atoms with Crippen molar-refractivity contribution in [3.63, 3.8) is 0 Å². The minimum absolute atomic E-state index is 0. The molecule has 0 aromatic heterocycles. The molecule has 90 valence electrons. The molecule has 0 aromatic rings. The first-order chi connectivity index (χ1) is 6.66. The van der Waals surface area contributed by atoms with Crippen molar-refractivity contribution in [3.8, 4) is 0 Å². The standard InChI is InChI=1S/C11H21NO2.ClH/c1-11(2)7-12-10(14-8-11)6-9-4-3-5-13-9;/h9-10,12H,3-8H2,1-2H3;1H. The van der Waals surface area contributed by atoms with Gasteiger partial charge >= 0.3 is 0 Å². The van der Waals surface area contributed by atoms with Crippen molar-refractivity contribution in [2.45, 2.75) is 45.4 Å². The summed E-state index contributed by atoms with van der Waals surface area (Å²) in [4.78, 5) is 0. The lowest BCUT2D eigenvalue weighted by molar-refractivity contribution is -0.0779. The van der Waals surface area contributed by atoms with Gasteiger partial charge in [0.05, 0.1) is 12.7 Å². The van der Waals surface area contributed by atoms with Crippen LogP contribution in [0.15, 0.2) is 0 Å². The van der Waals surface area contributed by atoms with Crippen LogP contribution in [0.4, 0.5) is 0 Å². The van der Waals surface area contributed by atoms with Crippen LogP contribution in [0.1, 0.15) is 33.1 Å². The molecule has 0 spiro atoms. The third-order valence-corrected chi connectivity index (χ3v) is 2.98. The van der Waals surface area contributed by atoms with Crippen LogP contribution in [0.25, 0.3) is 0 Å². The fourth-order valence-electron chi connectivity index (χ4n) is 2.05. The van der Waals surface area contributed by atoms with Crippen LogP contribution in [0.2, 0.25) is 0 Å². The highest BCUT2D eigenvalue weighted by molar-refractivity contribution is 5.85. The van der Waals surface area contributed by atoms with Gasteiger partial charge in [-0.15, -0.1) is 12.4 Å². The van der Waals surface area contributed by atoms with Crippen LogP contribution in [0.5, 0.6) is 0 Å². The molecule has 2 fully saturated rings. The second-order valence-electron chi connectivity index (χ2n) is 5.22. The molecule has 0 saturated carbocycles. The third-order valence-electron chi connectivity index (χ3n) is 2.98. The fraction of sp³-hybridized carbons (Fsp3) is 1.00. The zero-order valence-electron chi connectivity index (χ0n) is 9.62. The van der Waals surface area contributed by atoms with Crippen LogP contribution in [-0.2, 0) is 9.47 Å². The van der Waals surface area contributed by atoms with Crippen molar-refractivity contribution >= 4 is 12.4 Å². The number of rotatable bonds is 2. The Bertz CT molecular complexity index is 183. The molecule has 0 aliphatic carbocycles. The Labute approximate surface area is 98.3 Å². The molecule has 0 amide bonds. The van der Waals surface area contributed by atoms with E-state index < -0.39 is 0 Å². The van der Waals surface area contributed by atoms with Gasteiger partial charge in [-0.05, 0) is 12.8 Å². The van der Waals surface area contributed by atoms with E-state index in [2.05, 4.69) is 19.2 Å². The molecule has 4 heteroatoms. The molecule has 15 heavy (non-hydrogen) atoms. The van der Waals surface area contributed by atoms with Gasteiger partial charge in [0.15, 0.2) is 0 Å². The van der Waals surface area contributed by atoms with Gasteiger partial charge in [-0.2, -0.15) is 0 Å². The van der Waals surface area contributed by atoms with E-state index in [-0.39, 0.29) is 24.0 Å². The van der Waals surface area contributed by atoms with Crippen molar-refractivity contribution in [2.75, 3.05) is 19.8 Å². The summed E-state index contributed by atoms with van der Waals surface area (Å²) >= 11 is 0. The maximum Gasteiger partial charge on any atom is 0.110 e. The summed E-state index contributed by atoms with van der Waals surface area (Å²) in [6, 6.07) is 0. The quantitative estimate of drug-likeness (QED) is 0.794. The van der Waals surface area contributed by atoms with Gasteiger partial charge in [0.1, 0.15) is 6.23 Å². The van der Waals surface area contributed by atoms with Crippen LogP contribution < -0.4 is 5.32 Å². The van der Waals surface area contributed by atoms with Crippen LogP contribution in [0.3, 0.4) is 0 Å². The van der Waals surface area contributed by atoms with E-state index in [0.717, 1.165) is 26.2 Å². The van der Waals surface area contributed by atoms with Crippen molar-refractivity contribution < 1.29 is 9.47 Å². The van der Waals surface area contributed by atoms with Gasteiger partial charge in [0, 0.05) is 25.0 Å². The third kappa shape index (κ3) is 3.91. The molecular formula is C11H22ClNO2. The summed E-state index contributed by atoms with van der Waals surface area (Å²) in [5, 5.41) is 3.43. The number of hydrogen-bond donors (Lipinski definition) is 1. The maximum absolute atomic E-state index is 5.76. The van der Waals surface area contributed by atoms with Crippen molar-refractivity contribution in [3.05, 3.63) is 0 Å². The molecule has 2 aliphatic heterocycles. The Morgan fingerprint density at radius 3 is 2.67 bits per heavy atom. The first-order valence-corrected chi connectivity index (χ1v) is 5.62. The molecule has 1 N–H and O–H groups in total.